The third-order valence-corrected chi connectivity index (χ3v) is 6.99. The SMILES string of the molecule is Cc1ccc(C2CC(c3cccs3)=NN2c2nc(-c3ccc([N+](=O)[O-])cc3)cs2)cc1. The standard InChI is InChI=1S/C23H18N4O2S2/c1-15-4-6-17(7-5-15)21-13-19(22-3-2-12-30-22)25-26(21)23-24-20(14-31-23)16-8-10-18(11-9-16)27(28)29/h2-12,14,21H,13H2,1H3. The molecule has 0 spiro atoms. The van der Waals surface area contributed by atoms with Crippen molar-refractivity contribution < 1.29 is 4.92 Å². The maximum Gasteiger partial charge on any atom is 0.269 e. The Kier molecular flexibility index (Phi) is 5.09. The first-order valence-electron chi connectivity index (χ1n) is 9.76. The third-order valence-electron chi connectivity index (χ3n) is 5.24. The summed E-state index contributed by atoms with van der Waals surface area (Å²) in [4.78, 5) is 16.5. The van der Waals surface area contributed by atoms with Crippen LogP contribution in [0.4, 0.5) is 10.8 Å². The summed E-state index contributed by atoms with van der Waals surface area (Å²) in [6.45, 7) is 2.08. The lowest BCUT2D eigenvalue weighted by molar-refractivity contribution is -0.384. The second-order valence-electron chi connectivity index (χ2n) is 7.32. The van der Waals surface area contributed by atoms with Gasteiger partial charge in [-0.3, -0.25) is 10.1 Å². The van der Waals surface area contributed by atoms with Crippen molar-refractivity contribution in [3.05, 3.63) is 97.5 Å². The third kappa shape index (κ3) is 3.87. The monoisotopic (exact) mass is 446 g/mol. The van der Waals surface area contributed by atoms with Crippen molar-refractivity contribution in [2.45, 2.75) is 19.4 Å². The van der Waals surface area contributed by atoms with Gasteiger partial charge in [-0.15, -0.1) is 22.7 Å². The topological polar surface area (TPSA) is 71.6 Å². The van der Waals surface area contributed by atoms with E-state index >= 15 is 0 Å². The van der Waals surface area contributed by atoms with E-state index in [4.69, 9.17) is 10.1 Å². The fourth-order valence-electron chi connectivity index (χ4n) is 3.58. The van der Waals surface area contributed by atoms with Gasteiger partial charge in [-0.05, 0) is 36.1 Å². The second-order valence-corrected chi connectivity index (χ2v) is 9.10. The zero-order chi connectivity index (χ0) is 21.4. The second kappa shape index (κ2) is 8.05. The zero-order valence-corrected chi connectivity index (χ0v) is 18.3. The minimum absolute atomic E-state index is 0.0726. The predicted octanol–water partition coefficient (Wildman–Crippen LogP) is 6.44. The maximum absolute atomic E-state index is 10.9. The number of aromatic nitrogens is 1. The van der Waals surface area contributed by atoms with E-state index in [1.165, 1.54) is 39.5 Å². The van der Waals surface area contributed by atoms with Crippen molar-refractivity contribution in [1.82, 2.24) is 4.98 Å². The number of hydrazone groups is 1. The molecule has 1 atom stereocenters. The molecule has 1 aliphatic rings. The molecule has 0 amide bonds. The number of non-ortho nitro benzene ring substituents is 1. The van der Waals surface area contributed by atoms with Crippen molar-refractivity contribution in [3.63, 3.8) is 0 Å². The fraction of sp³-hybridized carbons (Fsp3) is 0.130. The van der Waals surface area contributed by atoms with Crippen molar-refractivity contribution in [2.24, 2.45) is 5.10 Å². The van der Waals surface area contributed by atoms with E-state index in [9.17, 15) is 10.1 Å². The highest BCUT2D eigenvalue weighted by Gasteiger charge is 2.32. The van der Waals surface area contributed by atoms with Gasteiger partial charge in [-0.25, -0.2) is 9.99 Å². The molecule has 0 saturated carbocycles. The van der Waals surface area contributed by atoms with Gasteiger partial charge >= 0.3 is 0 Å². The van der Waals surface area contributed by atoms with E-state index < -0.39 is 4.92 Å². The van der Waals surface area contributed by atoms with Crippen LogP contribution in [-0.2, 0) is 0 Å². The smallest absolute Gasteiger partial charge is 0.258 e. The molecule has 0 aliphatic carbocycles. The summed E-state index contributed by atoms with van der Waals surface area (Å²) >= 11 is 3.22. The molecule has 31 heavy (non-hydrogen) atoms. The highest BCUT2D eigenvalue weighted by atomic mass is 32.1. The number of nitrogens with zero attached hydrogens (tertiary/aromatic N) is 4. The van der Waals surface area contributed by atoms with E-state index in [1.54, 1.807) is 23.5 Å². The molecule has 2 aromatic heterocycles. The van der Waals surface area contributed by atoms with E-state index in [0.29, 0.717) is 0 Å². The van der Waals surface area contributed by atoms with E-state index in [-0.39, 0.29) is 11.7 Å². The highest BCUT2D eigenvalue weighted by Crippen LogP contribution is 2.40. The molecule has 6 nitrogen and oxygen atoms in total. The van der Waals surface area contributed by atoms with Crippen LogP contribution in [-0.4, -0.2) is 15.6 Å². The van der Waals surface area contributed by atoms with Crippen LogP contribution in [0.2, 0.25) is 0 Å². The van der Waals surface area contributed by atoms with Gasteiger partial charge in [-0.2, -0.15) is 5.10 Å². The minimum Gasteiger partial charge on any atom is -0.258 e. The molecule has 5 rings (SSSR count). The van der Waals surface area contributed by atoms with Gasteiger partial charge in [0.2, 0.25) is 5.13 Å². The number of nitro benzene ring substituents is 1. The molecule has 1 aliphatic heterocycles. The van der Waals surface area contributed by atoms with Crippen LogP contribution in [0.1, 0.15) is 28.5 Å². The predicted molar refractivity (Wildman–Crippen MR) is 126 cm³/mol. The van der Waals surface area contributed by atoms with Crippen LogP contribution in [0.5, 0.6) is 0 Å². The van der Waals surface area contributed by atoms with Crippen molar-refractivity contribution >= 4 is 39.2 Å². The van der Waals surface area contributed by atoms with Gasteiger partial charge in [0.05, 0.1) is 27.2 Å². The molecule has 0 fully saturated rings. The average Bonchev–Trinajstić information content (AvgIpc) is 3.54. The number of hydrogen-bond acceptors (Lipinski definition) is 7. The number of aryl methyl sites for hydroxylation is 1. The van der Waals surface area contributed by atoms with Gasteiger partial charge < -0.3 is 0 Å². The van der Waals surface area contributed by atoms with Crippen molar-refractivity contribution in [1.29, 1.82) is 0 Å². The lowest BCUT2D eigenvalue weighted by Crippen LogP contribution is -2.18. The molecule has 0 bridgehead atoms. The number of rotatable bonds is 5. The first kappa shape index (κ1) is 19.6. The Morgan fingerprint density at radius 2 is 1.84 bits per heavy atom. The molecule has 154 valence electrons. The molecule has 8 heteroatoms. The molecule has 4 aromatic rings. The number of benzene rings is 2. The van der Waals surface area contributed by atoms with Gasteiger partial charge in [0.1, 0.15) is 0 Å². The van der Waals surface area contributed by atoms with Crippen LogP contribution >= 0.6 is 22.7 Å². The molecule has 0 N–H and O–H groups in total. The lowest BCUT2D eigenvalue weighted by Gasteiger charge is -2.21. The molecule has 0 radical (unpaired) electrons. The zero-order valence-electron chi connectivity index (χ0n) is 16.6. The van der Waals surface area contributed by atoms with Crippen molar-refractivity contribution in [3.8, 4) is 11.3 Å². The van der Waals surface area contributed by atoms with E-state index in [2.05, 4.69) is 42.6 Å². The molecule has 1 unspecified atom stereocenters. The Morgan fingerprint density at radius 1 is 1.06 bits per heavy atom. The highest BCUT2D eigenvalue weighted by molar-refractivity contribution is 7.14. The quantitative estimate of drug-likeness (QED) is 0.261. The molecule has 2 aromatic carbocycles. The summed E-state index contributed by atoms with van der Waals surface area (Å²) < 4.78 is 0. The molecule has 3 heterocycles. The van der Waals surface area contributed by atoms with Gasteiger partial charge in [0.15, 0.2) is 0 Å². The lowest BCUT2D eigenvalue weighted by atomic mass is 10.0. The summed E-state index contributed by atoms with van der Waals surface area (Å²) in [6.07, 6.45) is 0.815. The van der Waals surface area contributed by atoms with Crippen LogP contribution < -0.4 is 5.01 Å². The van der Waals surface area contributed by atoms with Gasteiger partial charge in [-0.1, -0.05) is 35.9 Å². The minimum atomic E-state index is -0.395. The summed E-state index contributed by atoms with van der Waals surface area (Å²) in [5, 5.41) is 22.7. The van der Waals surface area contributed by atoms with Crippen LogP contribution in [0, 0.1) is 17.0 Å². The summed E-state index contributed by atoms with van der Waals surface area (Å²) in [5.41, 5.74) is 5.20. The van der Waals surface area contributed by atoms with Crippen LogP contribution in [0.15, 0.2) is 76.5 Å². The Balaban J connectivity index is 1.49. The summed E-state index contributed by atoms with van der Waals surface area (Å²) in [5.74, 6) is 0. The fourth-order valence-corrected chi connectivity index (χ4v) is 5.14. The summed E-state index contributed by atoms with van der Waals surface area (Å²) in [6, 6.07) is 19.3. The molecular weight excluding hydrogens is 428 g/mol. The number of anilines is 1. The Hall–Kier alpha value is -3.36. The maximum atomic E-state index is 10.9. The molecule has 0 saturated heterocycles. The Bertz CT molecular complexity index is 1250. The van der Waals surface area contributed by atoms with E-state index in [1.807, 2.05) is 16.5 Å². The van der Waals surface area contributed by atoms with Crippen LogP contribution in [0.25, 0.3) is 11.3 Å². The summed E-state index contributed by atoms with van der Waals surface area (Å²) in [7, 11) is 0. The number of thiazole rings is 1. The Morgan fingerprint density at radius 3 is 2.52 bits per heavy atom. The van der Waals surface area contributed by atoms with Crippen LogP contribution in [0.3, 0.4) is 0 Å². The molecular formula is C23H18N4O2S2. The van der Waals surface area contributed by atoms with Gasteiger partial charge in [0, 0.05) is 29.5 Å². The first-order chi connectivity index (χ1) is 15.1. The van der Waals surface area contributed by atoms with Crippen molar-refractivity contribution in [2.75, 3.05) is 5.01 Å². The number of thiophene rings is 1. The first-order valence-corrected chi connectivity index (χ1v) is 11.5. The normalized spacial score (nSPS) is 15.8. The van der Waals surface area contributed by atoms with E-state index in [0.717, 1.165) is 28.5 Å². The van der Waals surface area contributed by atoms with Gasteiger partial charge in [0.25, 0.3) is 5.69 Å². The largest absolute Gasteiger partial charge is 0.269 e. The number of hydrogen-bond donors (Lipinski definition) is 0. The Labute approximate surface area is 187 Å². The average molecular weight is 447 g/mol. The number of nitro groups is 1.